The van der Waals surface area contributed by atoms with Crippen LogP contribution in [0.25, 0.3) is 0 Å². The molecule has 4 nitrogen and oxygen atoms in total. The summed E-state index contributed by atoms with van der Waals surface area (Å²) >= 11 is 0. The van der Waals surface area contributed by atoms with Gasteiger partial charge in [0.25, 0.3) is 0 Å². The number of pyridine rings is 1. The lowest BCUT2D eigenvalue weighted by molar-refractivity contribution is 0.0850. The molecule has 0 radical (unpaired) electrons. The van der Waals surface area contributed by atoms with Gasteiger partial charge in [0, 0.05) is 38.0 Å². The van der Waals surface area contributed by atoms with Crippen molar-refractivity contribution in [3.63, 3.8) is 0 Å². The Morgan fingerprint density at radius 2 is 2.15 bits per heavy atom. The molecule has 2 saturated heterocycles. The van der Waals surface area contributed by atoms with E-state index in [1.165, 1.54) is 13.0 Å². The number of likely N-dealkylation sites (tertiary alicyclic amines) is 1. The summed E-state index contributed by atoms with van der Waals surface area (Å²) in [5.41, 5.74) is 1.01. The third-order valence-corrected chi connectivity index (χ3v) is 4.23. The zero-order valence-corrected chi connectivity index (χ0v) is 12.3. The summed E-state index contributed by atoms with van der Waals surface area (Å²) in [5, 5.41) is 0. The van der Waals surface area contributed by atoms with Crippen molar-refractivity contribution in [2.75, 3.05) is 32.8 Å². The Hall–Kier alpha value is -1.13. The van der Waals surface area contributed by atoms with E-state index in [1.807, 2.05) is 25.1 Å². The fraction of sp³-hybridized carbons (Fsp3) is 0.688. The van der Waals surface area contributed by atoms with Crippen LogP contribution in [-0.4, -0.2) is 48.8 Å². The van der Waals surface area contributed by atoms with Gasteiger partial charge in [0.05, 0.1) is 6.61 Å². The van der Waals surface area contributed by atoms with Gasteiger partial charge < -0.3 is 14.4 Å². The van der Waals surface area contributed by atoms with Crippen LogP contribution in [-0.2, 0) is 4.74 Å². The van der Waals surface area contributed by atoms with E-state index in [1.54, 1.807) is 0 Å². The lowest BCUT2D eigenvalue weighted by Gasteiger charge is -2.33. The molecule has 0 spiro atoms. The number of piperidine rings is 1. The minimum atomic E-state index is 0.320. The van der Waals surface area contributed by atoms with Crippen LogP contribution in [0.3, 0.4) is 0 Å². The van der Waals surface area contributed by atoms with Crippen LogP contribution >= 0.6 is 0 Å². The van der Waals surface area contributed by atoms with Crippen molar-refractivity contribution in [3.05, 3.63) is 23.9 Å². The van der Waals surface area contributed by atoms with Gasteiger partial charge >= 0.3 is 0 Å². The highest BCUT2D eigenvalue weighted by molar-refractivity contribution is 5.15. The first-order chi connectivity index (χ1) is 9.79. The first kappa shape index (κ1) is 13.8. The first-order valence-electron chi connectivity index (χ1n) is 7.70. The van der Waals surface area contributed by atoms with E-state index in [9.17, 15) is 0 Å². The van der Waals surface area contributed by atoms with Crippen LogP contribution in [0.4, 0.5) is 0 Å². The topological polar surface area (TPSA) is 34.6 Å². The quantitative estimate of drug-likeness (QED) is 0.845. The number of nitrogens with zero attached hydrogens (tertiary/aromatic N) is 2. The molecule has 110 valence electrons. The Bertz CT molecular complexity index is 424. The number of rotatable bonds is 4. The molecule has 0 saturated carbocycles. The van der Waals surface area contributed by atoms with E-state index in [0.717, 1.165) is 56.6 Å². The van der Waals surface area contributed by atoms with Gasteiger partial charge in [-0.25, -0.2) is 4.98 Å². The van der Waals surface area contributed by atoms with Gasteiger partial charge in [-0.2, -0.15) is 0 Å². The fourth-order valence-corrected chi connectivity index (χ4v) is 3.06. The van der Waals surface area contributed by atoms with E-state index in [4.69, 9.17) is 9.47 Å². The average molecular weight is 276 g/mol. The molecule has 2 aliphatic rings. The van der Waals surface area contributed by atoms with Crippen molar-refractivity contribution < 1.29 is 9.47 Å². The summed E-state index contributed by atoms with van der Waals surface area (Å²) < 4.78 is 11.4. The van der Waals surface area contributed by atoms with Gasteiger partial charge in [0.1, 0.15) is 6.10 Å². The van der Waals surface area contributed by atoms with E-state index in [2.05, 4.69) is 9.88 Å². The summed E-state index contributed by atoms with van der Waals surface area (Å²) in [5.74, 6) is 1.51. The molecule has 0 bridgehead atoms. The second kappa shape index (κ2) is 6.55. The van der Waals surface area contributed by atoms with Crippen LogP contribution < -0.4 is 4.74 Å². The molecular weight excluding hydrogens is 252 g/mol. The van der Waals surface area contributed by atoms with Crippen molar-refractivity contribution in [1.82, 2.24) is 9.88 Å². The van der Waals surface area contributed by atoms with Gasteiger partial charge in [0.2, 0.25) is 5.88 Å². The molecule has 1 aromatic rings. The maximum atomic E-state index is 5.99. The molecule has 4 heteroatoms. The summed E-state index contributed by atoms with van der Waals surface area (Å²) in [6, 6.07) is 5.96. The number of hydrogen-bond acceptors (Lipinski definition) is 4. The molecule has 1 aromatic heterocycles. The van der Waals surface area contributed by atoms with Gasteiger partial charge in [-0.1, -0.05) is 6.07 Å². The molecule has 1 atom stereocenters. The Morgan fingerprint density at radius 3 is 2.85 bits per heavy atom. The molecule has 2 fully saturated rings. The highest BCUT2D eigenvalue weighted by Gasteiger charge is 2.24. The van der Waals surface area contributed by atoms with Crippen molar-refractivity contribution in [2.45, 2.75) is 32.3 Å². The molecule has 0 aliphatic carbocycles. The zero-order valence-electron chi connectivity index (χ0n) is 12.3. The van der Waals surface area contributed by atoms with Gasteiger partial charge in [-0.3, -0.25) is 0 Å². The zero-order chi connectivity index (χ0) is 13.8. The van der Waals surface area contributed by atoms with Gasteiger partial charge in [-0.05, 0) is 38.2 Å². The van der Waals surface area contributed by atoms with E-state index in [0.29, 0.717) is 6.10 Å². The third-order valence-electron chi connectivity index (χ3n) is 4.23. The predicted molar refractivity (Wildman–Crippen MR) is 78.0 cm³/mol. The van der Waals surface area contributed by atoms with Crippen LogP contribution in [0.15, 0.2) is 18.2 Å². The second-order valence-electron chi connectivity index (χ2n) is 5.96. The minimum Gasteiger partial charge on any atom is -0.474 e. The number of aryl methyl sites for hydroxylation is 1. The van der Waals surface area contributed by atoms with E-state index in [-0.39, 0.29) is 0 Å². The van der Waals surface area contributed by atoms with Crippen LogP contribution in [0.2, 0.25) is 0 Å². The first-order valence-corrected chi connectivity index (χ1v) is 7.70. The molecule has 20 heavy (non-hydrogen) atoms. The highest BCUT2D eigenvalue weighted by Crippen LogP contribution is 2.20. The molecule has 3 heterocycles. The smallest absolute Gasteiger partial charge is 0.213 e. The van der Waals surface area contributed by atoms with Crippen molar-refractivity contribution in [1.29, 1.82) is 0 Å². The largest absolute Gasteiger partial charge is 0.474 e. The fourth-order valence-electron chi connectivity index (χ4n) is 3.06. The molecule has 1 unspecified atom stereocenters. The molecule has 0 aromatic carbocycles. The molecular formula is C16H24N2O2. The molecule has 3 rings (SSSR count). The lowest BCUT2D eigenvalue weighted by Crippen LogP contribution is -2.40. The van der Waals surface area contributed by atoms with Gasteiger partial charge in [0.15, 0.2) is 0 Å². The minimum absolute atomic E-state index is 0.320. The Balaban J connectivity index is 1.43. The van der Waals surface area contributed by atoms with Crippen LogP contribution in [0.1, 0.15) is 25.0 Å². The number of aromatic nitrogens is 1. The maximum absolute atomic E-state index is 5.99. The number of ether oxygens (including phenoxy) is 2. The summed E-state index contributed by atoms with van der Waals surface area (Å²) in [7, 11) is 0. The standard InChI is InChI=1S/C16H24N2O2/c1-13-3-2-4-16(17-13)20-15-5-8-18(9-6-15)11-14-7-10-19-12-14/h2-4,14-15H,5-12H2,1H3. The summed E-state index contributed by atoms with van der Waals surface area (Å²) in [6.07, 6.45) is 3.75. The summed E-state index contributed by atoms with van der Waals surface area (Å²) in [4.78, 5) is 6.98. The normalized spacial score (nSPS) is 24.9. The van der Waals surface area contributed by atoms with Gasteiger partial charge in [-0.15, -0.1) is 0 Å². The number of hydrogen-bond donors (Lipinski definition) is 0. The van der Waals surface area contributed by atoms with Crippen LogP contribution in [0, 0.1) is 12.8 Å². The van der Waals surface area contributed by atoms with E-state index >= 15 is 0 Å². The Labute approximate surface area is 121 Å². The molecule has 0 amide bonds. The highest BCUT2D eigenvalue weighted by atomic mass is 16.5. The Morgan fingerprint density at radius 1 is 1.30 bits per heavy atom. The lowest BCUT2D eigenvalue weighted by atomic mass is 10.0. The molecule has 0 N–H and O–H groups in total. The SMILES string of the molecule is Cc1cccc(OC2CCN(CC3CCOC3)CC2)n1. The van der Waals surface area contributed by atoms with Crippen molar-refractivity contribution >= 4 is 0 Å². The second-order valence-corrected chi connectivity index (χ2v) is 5.96. The van der Waals surface area contributed by atoms with Crippen molar-refractivity contribution in [3.8, 4) is 5.88 Å². The van der Waals surface area contributed by atoms with Crippen molar-refractivity contribution in [2.24, 2.45) is 5.92 Å². The maximum Gasteiger partial charge on any atom is 0.213 e. The third kappa shape index (κ3) is 3.70. The monoisotopic (exact) mass is 276 g/mol. The van der Waals surface area contributed by atoms with E-state index < -0.39 is 0 Å². The Kier molecular flexibility index (Phi) is 4.53. The molecule has 2 aliphatic heterocycles. The average Bonchev–Trinajstić information content (AvgIpc) is 2.94. The predicted octanol–water partition coefficient (Wildman–Crippen LogP) is 2.27. The summed E-state index contributed by atoms with van der Waals surface area (Å²) in [6.45, 7) is 7.35. The van der Waals surface area contributed by atoms with Crippen LogP contribution in [0.5, 0.6) is 5.88 Å².